The Labute approximate surface area is 175 Å². The normalized spacial score (nSPS) is 10.9. The average molecular weight is 445 g/mol. The van der Waals surface area contributed by atoms with Gasteiger partial charge in [0.1, 0.15) is 5.82 Å². The van der Waals surface area contributed by atoms with Crippen LogP contribution in [0.1, 0.15) is 16.1 Å². The van der Waals surface area contributed by atoms with Gasteiger partial charge in [-0.2, -0.15) is 0 Å². The molecule has 2 heterocycles. The molecule has 0 unspecified atom stereocenters. The molecule has 2 aromatic heterocycles. The maximum atomic E-state index is 13.5. The lowest BCUT2D eigenvalue weighted by molar-refractivity contribution is -0.380. The van der Waals surface area contributed by atoms with Gasteiger partial charge in [0.15, 0.2) is 5.13 Å². The first-order chi connectivity index (χ1) is 12.8. The van der Waals surface area contributed by atoms with Gasteiger partial charge in [-0.1, -0.05) is 22.7 Å². The van der Waals surface area contributed by atoms with Crippen LogP contribution in [0.4, 0.5) is 14.5 Å². The minimum atomic E-state index is -0.516. The Morgan fingerprint density at radius 3 is 2.61 bits per heavy atom. The highest BCUT2D eigenvalue weighted by molar-refractivity contribution is 7.22. The summed E-state index contributed by atoms with van der Waals surface area (Å²) < 4.78 is 14.1. The van der Waals surface area contributed by atoms with E-state index in [0.29, 0.717) is 28.3 Å². The number of carbonyl (C=O) groups excluding carboxylic acids is 1. The summed E-state index contributed by atoms with van der Waals surface area (Å²) in [5.74, 6) is -0.705. The van der Waals surface area contributed by atoms with E-state index in [1.165, 1.54) is 40.5 Å². The summed E-state index contributed by atoms with van der Waals surface area (Å²) in [7, 11) is 3.88. The van der Waals surface area contributed by atoms with Crippen LogP contribution in [0.2, 0.25) is 0 Å². The summed E-state index contributed by atoms with van der Waals surface area (Å²) in [6.45, 7) is 1.18. The number of hydrogen-bond acceptors (Lipinski definition) is 7. The molecule has 0 aliphatic carbocycles. The summed E-state index contributed by atoms with van der Waals surface area (Å²) in [6.07, 6.45) is 0.705. The monoisotopic (exact) mass is 444 g/mol. The number of fused-ring (bicyclic) bond motifs is 1. The summed E-state index contributed by atoms with van der Waals surface area (Å²) in [5, 5.41) is 11.3. The zero-order chi connectivity index (χ0) is 19.6. The van der Waals surface area contributed by atoms with Crippen molar-refractivity contribution >= 4 is 61.3 Å². The van der Waals surface area contributed by atoms with Crippen LogP contribution in [0, 0.1) is 15.9 Å². The number of anilines is 1. The number of halogens is 2. The molecule has 11 heteroatoms. The summed E-state index contributed by atoms with van der Waals surface area (Å²) in [6, 6.07) is 7.06. The van der Waals surface area contributed by atoms with Gasteiger partial charge in [0.05, 0.1) is 20.0 Å². The first-order valence-corrected chi connectivity index (χ1v) is 9.75. The molecule has 0 spiro atoms. The molecule has 0 aliphatic rings. The number of aromatic nitrogens is 1. The van der Waals surface area contributed by atoms with Crippen LogP contribution in [0.3, 0.4) is 0 Å². The Morgan fingerprint density at radius 2 is 1.96 bits per heavy atom. The van der Waals surface area contributed by atoms with Gasteiger partial charge in [-0.25, -0.2) is 9.37 Å². The van der Waals surface area contributed by atoms with Crippen molar-refractivity contribution in [3.8, 4) is 0 Å². The number of nitrogens with zero attached hydrogens (tertiary/aromatic N) is 4. The van der Waals surface area contributed by atoms with Gasteiger partial charge in [-0.15, -0.1) is 12.4 Å². The number of hydrogen-bond donors (Lipinski definition) is 0. The third-order valence-electron chi connectivity index (χ3n) is 3.78. The summed E-state index contributed by atoms with van der Waals surface area (Å²) in [5.41, 5.74) is 0.610. The topological polar surface area (TPSA) is 79.6 Å². The second kappa shape index (κ2) is 9.37. The zero-order valence-electron chi connectivity index (χ0n) is 15.1. The molecule has 0 fully saturated rings. The standard InChI is InChI=1S/C17H17FN4O3S2.ClH/c1-20(2)8-3-9-21(16(23)13-6-7-15(26-13)22(24)25)17-19-12-5-4-11(18)10-14(12)27-17;/h4-7,10H,3,8-9H2,1-2H3;1H. The molecule has 0 saturated carbocycles. The Balaban J connectivity index is 0.00000280. The Morgan fingerprint density at radius 1 is 1.21 bits per heavy atom. The quantitative estimate of drug-likeness (QED) is 0.398. The van der Waals surface area contributed by atoms with Crippen LogP contribution >= 0.6 is 35.1 Å². The van der Waals surface area contributed by atoms with Gasteiger partial charge in [0.2, 0.25) is 0 Å². The van der Waals surface area contributed by atoms with Crippen LogP contribution in [-0.2, 0) is 0 Å². The maximum Gasteiger partial charge on any atom is 0.324 e. The molecular formula is C17H18ClFN4O3S2. The zero-order valence-corrected chi connectivity index (χ0v) is 17.6. The molecule has 0 aliphatic heterocycles. The number of amides is 1. The fourth-order valence-electron chi connectivity index (χ4n) is 2.50. The van der Waals surface area contributed by atoms with E-state index in [2.05, 4.69) is 4.98 Å². The van der Waals surface area contributed by atoms with Gasteiger partial charge in [-0.3, -0.25) is 19.8 Å². The minimum absolute atomic E-state index is 0. The minimum Gasteiger partial charge on any atom is -0.309 e. The SMILES string of the molecule is CN(C)CCCN(C(=O)c1ccc([N+](=O)[O-])s1)c1nc2ccc(F)cc2s1.Cl. The van der Waals surface area contributed by atoms with E-state index in [-0.39, 0.29) is 34.0 Å². The third-order valence-corrected chi connectivity index (χ3v) is 5.85. The second-order valence-electron chi connectivity index (χ2n) is 6.12. The number of carbonyl (C=O) groups is 1. The lowest BCUT2D eigenvalue weighted by Crippen LogP contribution is -2.32. The smallest absolute Gasteiger partial charge is 0.309 e. The second-order valence-corrected chi connectivity index (χ2v) is 8.19. The Bertz CT molecular complexity index is 992. The largest absolute Gasteiger partial charge is 0.324 e. The van der Waals surface area contributed by atoms with E-state index >= 15 is 0 Å². The third kappa shape index (κ3) is 5.02. The van der Waals surface area contributed by atoms with Crippen LogP contribution in [0.5, 0.6) is 0 Å². The highest BCUT2D eigenvalue weighted by Gasteiger charge is 2.24. The molecule has 1 amide bonds. The first-order valence-electron chi connectivity index (χ1n) is 8.12. The molecule has 0 atom stereocenters. The van der Waals surface area contributed by atoms with Gasteiger partial charge in [0, 0.05) is 12.6 Å². The van der Waals surface area contributed by atoms with Crippen LogP contribution in [0.25, 0.3) is 10.2 Å². The predicted molar refractivity (Wildman–Crippen MR) is 113 cm³/mol. The molecule has 150 valence electrons. The number of benzene rings is 1. The van der Waals surface area contributed by atoms with E-state index in [1.54, 1.807) is 6.07 Å². The van der Waals surface area contributed by atoms with Crippen LogP contribution < -0.4 is 4.90 Å². The predicted octanol–water partition coefficient (Wildman–Crippen LogP) is 4.43. The molecule has 0 N–H and O–H groups in total. The average Bonchev–Trinajstić information content (AvgIpc) is 3.24. The fraction of sp³-hybridized carbons (Fsp3) is 0.294. The van der Waals surface area contributed by atoms with Gasteiger partial charge in [0.25, 0.3) is 5.91 Å². The van der Waals surface area contributed by atoms with E-state index in [4.69, 9.17) is 0 Å². The van der Waals surface area contributed by atoms with Crippen molar-refractivity contribution in [2.75, 3.05) is 32.1 Å². The first kappa shape index (κ1) is 22.2. The molecule has 7 nitrogen and oxygen atoms in total. The molecule has 0 saturated heterocycles. The lowest BCUT2D eigenvalue weighted by Gasteiger charge is -2.20. The van der Waals surface area contributed by atoms with Crippen molar-refractivity contribution in [3.63, 3.8) is 0 Å². The molecule has 0 radical (unpaired) electrons. The molecule has 3 aromatic rings. The van der Waals surface area contributed by atoms with Crippen molar-refractivity contribution in [1.82, 2.24) is 9.88 Å². The van der Waals surface area contributed by atoms with Crippen molar-refractivity contribution in [3.05, 3.63) is 51.1 Å². The molecule has 3 rings (SSSR count). The fourth-order valence-corrected chi connectivity index (χ4v) is 4.29. The summed E-state index contributed by atoms with van der Waals surface area (Å²) in [4.78, 5) is 31.6. The van der Waals surface area contributed by atoms with Crippen molar-refractivity contribution in [2.24, 2.45) is 0 Å². The molecule has 28 heavy (non-hydrogen) atoms. The van der Waals surface area contributed by atoms with E-state index in [0.717, 1.165) is 17.9 Å². The number of rotatable bonds is 7. The molecule has 0 bridgehead atoms. The maximum absolute atomic E-state index is 13.5. The van der Waals surface area contributed by atoms with Gasteiger partial charge >= 0.3 is 5.00 Å². The van der Waals surface area contributed by atoms with Crippen LogP contribution in [-0.4, -0.2) is 47.9 Å². The van der Waals surface area contributed by atoms with Gasteiger partial charge < -0.3 is 4.90 Å². The van der Waals surface area contributed by atoms with Gasteiger partial charge in [-0.05, 0) is 51.3 Å². The lowest BCUT2D eigenvalue weighted by atomic mass is 10.3. The number of nitro groups is 1. The Hall–Kier alpha value is -2.14. The number of thiophene rings is 1. The van der Waals surface area contributed by atoms with Crippen molar-refractivity contribution in [2.45, 2.75) is 6.42 Å². The van der Waals surface area contributed by atoms with Crippen molar-refractivity contribution in [1.29, 1.82) is 0 Å². The van der Waals surface area contributed by atoms with Crippen molar-refractivity contribution < 1.29 is 14.1 Å². The number of thiazole rings is 1. The highest BCUT2D eigenvalue weighted by Crippen LogP contribution is 2.32. The summed E-state index contributed by atoms with van der Waals surface area (Å²) >= 11 is 2.06. The van der Waals surface area contributed by atoms with Crippen LogP contribution in [0.15, 0.2) is 30.3 Å². The highest BCUT2D eigenvalue weighted by atomic mass is 35.5. The van der Waals surface area contributed by atoms with E-state index in [9.17, 15) is 19.3 Å². The van der Waals surface area contributed by atoms with E-state index in [1.807, 2.05) is 19.0 Å². The molecule has 1 aromatic carbocycles. The molecular weight excluding hydrogens is 427 g/mol. The Kier molecular flexibility index (Phi) is 7.41. The van der Waals surface area contributed by atoms with E-state index < -0.39 is 4.92 Å².